The molecule has 2 aromatic heterocycles. The molecular formula is C28H27ClN4O3. The quantitative estimate of drug-likeness (QED) is 0.325. The summed E-state index contributed by atoms with van der Waals surface area (Å²) in [7, 11) is 0. The molecule has 2 heterocycles. The second-order valence-electron chi connectivity index (χ2n) is 9.25. The van der Waals surface area contributed by atoms with Crippen LogP contribution in [0.2, 0.25) is 5.02 Å². The summed E-state index contributed by atoms with van der Waals surface area (Å²) < 4.78 is 7.14. The monoisotopic (exact) mass is 502 g/mol. The smallest absolute Gasteiger partial charge is 0.290 e. The first-order valence-corrected chi connectivity index (χ1v) is 12.3. The second kappa shape index (κ2) is 10.0. The van der Waals surface area contributed by atoms with Gasteiger partial charge in [0.15, 0.2) is 5.76 Å². The number of anilines is 1. The van der Waals surface area contributed by atoms with E-state index in [2.05, 4.69) is 18.3 Å². The maximum atomic E-state index is 13.2. The Morgan fingerprint density at radius 1 is 1.11 bits per heavy atom. The summed E-state index contributed by atoms with van der Waals surface area (Å²) in [6.45, 7) is 4.53. The molecule has 1 aliphatic rings. The zero-order valence-electron chi connectivity index (χ0n) is 20.2. The van der Waals surface area contributed by atoms with Gasteiger partial charge in [0.1, 0.15) is 6.54 Å². The lowest BCUT2D eigenvalue weighted by Crippen LogP contribution is -2.39. The average molecular weight is 503 g/mol. The van der Waals surface area contributed by atoms with Crippen LogP contribution in [0, 0.1) is 19.8 Å². The van der Waals surface area contributed by atoms with Gasteiger partial charge in [0.2, 0.25) is 11.9 Å². The molecule has 1 aliphatic carbocycles. The molecule has 1 fully saturated rings. The summed E-state index contributed by atoms with van der Waals surface area (Å²) >= 11 is 6.06. The highest BCUT2D eigenvalue weighted by Gasteiger charge is 2.30. The molecule has 7 nitrogen and oxygen atoms in total. The Balaban J connectivity index is 1.43. The van der Waals surface area contributed by atoms with Crippen molar-refractivity contribution in [3.8, 4) is 16.9 Å². The van der Waals surface area contributed by atoms with Gasteiger partial charge in [0.05, 0.1) is 12.0 Å². The van der Waals surface area contributed by atoms with Gasteiger partial charge >= 0.3 is 0 Å². The molecule has 36 heavy (non-hydrogen) atoms. The Bertz CT molecular complexity index is 1390. The zero-order chi connectivity index (χ0) is 25.2. The number of imidazole rings is 1. The number of halogens is 1. The Morgan fingerprint density at radius 3 is 2.56 bits per heavy atom. The number of hydrogen-bond donors (Lipinski definition) is 1. The van der Waals surface area contributed by atoms with E-state index in [-0.39, 0.29) is 24.1 Å². The summed E-state index contributed by atoms with van der Waals surface area (Å²) in [6.07, 6.45) is 5.47. The lowest BCUT2D eigenvalue weighted by atomic mass is 10.1. The van der Waals surface area contributed by atoms with E-state index < -0.39 is 0 Å². The van der Waals surface area contributed by atoms with Crippen molar-refractivity contribution in [3.63, 3.8) is 0 Å². The number of furan rings is 1. The molecule has 0 radical (unpaired) electrons. The molecule has 0 atom stereocenters. The number of aryl methyl sites for hydroxylation is 2. The maximum absolute atomic E-state index is 13.2. The Morgan fingerprint density at radius 2 is 1.89 bits per heavy atom. The largest absolute Gasteiger partial charge is 0.459 e. The highest BCUT2D eigenvalue weighted by Crippen LogP contribution is 2.30. The van der Waals surface area contributed by atoms with Crippen molar-refractivity contribution < 1.29 is 14.0 Å². The van der Waals surface area contributed by atoms with Crippen LogP contribution in [0.4, 0.5) is 5.95 Å². The molecule has 0 spiro atoms. The van der Waals surface area contributed by atoms with Gasteiger partial charge in [-0.25, -0.2) is 4.98 Å². The van der Waals surface area contributed by atoms with Gasteiger partial charge in [0.25, 0.3) is 5.91 Å². The van der Waals surface area contributed by atoms with Crippen molar-refractivity contribution in [2.75, 3.05) is 18.4 Å². The van der Waals surface area contributed by atoms with Crippen LogP contribution in [-0.4, -0.2) is 39.4 Å². The van der Waals surface area contributed by atoms with Crippen molar-refractivity contribution in [1.29, 1.82) is 0 Å². The van der Waals surface area contributed by atoms with E-state index in [0.717, 1.165) is 29.7 Å². The third-order valence-electron chi connectivity index (χ3n) is 6.39. The minimum Gasteiger partial charge on any atom is -0.459 e. The predicted octanol–water partition coefficient (Wildman–Crippen LogP) is 5.89. The first kappa shape index (κ1) is 23.9. The normalized spacial score (nSPS) is 13.0. The molecular weight excluding hydrogens is 476 g/mol. The van der Waals surface area contributed by atoms with Gasteiger partial charge < -0.3 is 9.32 Å². The van der Waals surface area contributed by atoms with Gasteiger partial charge in [-0.15, -0.1) is 0 Å². The van der Waals surface area contributed by atoms with Crippen molar-refractivity contribution >= 4 is 29.4 Å². The van der Waals surface area contributed by atoms with Crippen molar-refractivity contribution in [2.24, 2.45) is 5.92 Å². The zero-order valence-corrected chi connectivity index (χ0v) is 21.0. The highest BCUT2D eigenvalue weighted by molar-refractivity contribution is 6.30. The maximum Gasteiger partial charge on any atom is 0.290 e. The third kappa shape index (κ3) is 5.36. The fraction of sp³-hybridized carbons (Fsp3) is 0.250. The number of nitrogens with zero attached hydrogens (tertiary/aromatic N) is 3. The van der Waals surface area contributed by atoms with E-state index in [1.54, 1.807) is 29.2 Å². The lowest BCUT2D eigenvalue weighted by molar-refractivity contribution is -0.117. The Kier molecular flexibility index (Phi) is 6.65. The molecule has 0 aliphatic heterocycles. The molecule has 2 aromatic carbocycles. The van der Waals surface area contributed by atoms with Gasteiger partial charge in [0, 0.05) is 29.0 Å². The number of rotatable bonds is 8. The fourth-order valence-electron chi connectivity index (χ4n) is 4.03. The second-order valence-corrected chi connectivity index (χ2v) is 9.69. The van der Waals surface area contributed by atoms with E-state index >= 15 is 0 Å². The topological polar surface area (TPSA) is 80.4 Å². The molecule has 184 valence electrons. The van der Waals surface area contributed by atoms with E-state index in [1.807, 2.05) is 42.0 Å². The molecule has 0 unspecified atom stereocenters. The standard InChI is InChI=1S/C28H27ClN4O3/c1-18-5-12-23(14-19(18)2)33-16-24(21-8-10-22(29)11-9-21)30-28(33)31-26(34)17-32(15-20-6-7-20)27(35)25-4-3-13-36-25/h3-5,8-14,16,20H,6-7,15,17H2,1-2H3,(H,30,31,34). The van der Waals surface area contributed by atoms with Gasteiger partial charge in [-0.05, 0) is 80.1 Å². The molecule has 5 rings (SSSR count). The minimum atomic E-state index is -0.325. The number of nitrogens with one attached hydrogen (secondary N) is 1. The summed E-state index contributed by atoms with van der Waals surface area (Å²) in [5.74, 6) is 0.413. The number of carbonyl (C=O) groups is 2. The van der Waals surface area contributed by atoms with Crippen LogP contribution in [0.25, 0.3) is 16.9 Å². The van der Waals surface area contributed by atoms with Crippen molar-refractivity contribution in [2.45, 2.75) is 26.7 Å². The van der Waals surface area contributed by atoms with Crippen LogP contribution in [0.1, 0.15) is 34.5 Å². The molecule has 0 bridgehead atoms. The molecule has 2 amide bonds. The molecule has 8 heteroatoms. The van der Waals surface area contributed by atoms with E-state index in [1.165, 1.54) is 11.8 Å². The highest BCUT2D eigenvalue weighted by atomic mass is 35.5. The fourth-order valence-corrected chi connectivity index (χ4v) is 4.15. The summed E-state index contributed by atoms with van der Waals surface area (Å²) in [5, 5.41) is 3.57. The first-order valence-electron chi connectivity index (χ1n) is 11.9. The van der Waals surface area contributed by atoms with Gasteiger partial charge in [-0.2, -0.15) is 0 Å². The van der Waals surface area contributed by atoms with Crippen LogP contribution in [0.15, 0.2) is 71.5 Å². The summed E-state index contributed by atoms with van der Waals surface area (Å²) in [4.78, 5) is 32.4. The van der Waals surface area contributed by atoms with Gasteiger partial charge in [-0.3, -0.25) is 19.5 Å². The summed E-state index contributed by atoms with van der Waals surface area (Å²) in [5.41, 5.74) is 4.76. The third-order valence-corrected chi connectivity index (χ3v) is 6.65. The van der Waals surface area contributed by atoms with Crippen molar-refractivity contribution in [3.05, 3.63) is 89.0 Å². The van der Waals surface area contributed by atoms with Crippen LogP contribution >= 0.6 is 11.6 Å². The van der Waals surface area contributed by atoms with E-state index in [4.69, 9.17) is 21.0 Å². The van der Waals surface area contributed by atoms with E-state index in [0.29, 0.717) is 29.1 Å². The number of aromatic nitrogens is 2. The van der Waals surface area contributed by atoms with Crippen LogP contribution in [-0.2, 0) is 4.79 Å². The number of benzene rings is 2. The molecule has 1 saturated carbocycles. The summed E-state index contributed by atoms with van der Waals surface area (Å²) in [6, 6.07) is 16.8. The number of amides is 2. The van der Waals surface area contributed by atoms with Crippen LogP contribution in [0.5, 0.6) is 0 Å². The van der Waals surface area contributed by atoms with Gasteiger partial charge in [-0.1, -0.05) is 29.8 Å². The number of carbonyl (C=O) groups excluding carboxylic acids is 2. The molecule has 1 N–H and O–H groups in total. The lowest BCUT2D eigenvalue weighted by Gasteiger charge is -2.21. The SMILES string of the molecule is Cc1ccc(-n2cc(-c3ccc(Cl)cc3)nc2NC(=O)CN(CC2CC2)C(=O)c2ccco2)cc1C. The Labute approximate surface area is 214 Å². The first-order chi connectivity index (χ1) is 17.4. The van der Waals surface area contributed by atoms with Crippen LogP contribution < -0.4 is 5.32 Å². The Hall–Kier alpha value is -3.84. The average Bonchev–Trinajstić information content (AvgIpc) is 3.33. The minimum absolute atomic E-state index is 0.0912. The van der Waals surface area contributed by atoms with Crippen LogP contribution in [0.3, 0.4) is 0 Å². The molecule has 0 saturated heterocycles. The molecule has 4 aromatic rings. The van der Waals surface area contributed by atoms with Crippen molar-refractivity contribution in [1.82, 2.24) is 14.5 Å². The predicted molar refractivity (Wildman–Crippen MR) is 139 cm³/mol. The van der Waals surface area contributed by atoms with E-state index in [9.17, 15) is 9.59 Å². The number of hydrogen-bond acceptors (Lipinski definition) is 4.